The van der Waals surface area contributed by atoms with Crippen molar-refractivity contribution in [1.29, 1.82) is 0 Å². The molecule has 0 bridgehead atoms. The van der Waals surface area contributed by atoms with E-state index in [1.54, 1.807) is 24.5 Å². The molecule has 0 aromatic carbocycles. The summed E-state index contributed by atoms with van der Waals surface area (Å²) >= 11 is 0. The standard InChI is InChI=1S/C22H29N5O3/c1-16(2)22-24-17(3)15-19(25-22)26-10-12-27(13-11-26)21(29)8-9-23-20(28)7-6-18-5-4-14-30-18/h4-7,14-16H,8-13H2,1-3H3,(H,23,28)/b7-6+. The van der Waals surface area contributed by atoms with Gasteiger partial charge in [0.2, 0.25) is 11.8 Å². The SMILES string of the molecule is Cc1cc(N2CCN(C(=O)CCNC(=O)/C=C/c3ccco3)CC2)nc(C(C)C)n1. The fourth-order valence-corrected chi connectivity index (χ4v) is 3.23. The number of carbonyl (C=O) groups is 2. The summed E-state index contributed by atoms with van der Waals surface area (Å²) < 4.78 is 5.13. The van der Waals surface area contributed by atoms with Crippen LogP contribution in [0, 0.1) is 6.92 Å². The molecule has 1 N–H and O–H groups in total. The summed E-state index contributed by atoms with van der Waals surface area (Å²) in [6.45, 7) is 9.21. The Morgan fingerprint density at radius 2 is 2.00 bits per heavy atom. The van der Waals surface area contributed by atoms with Gasteiger partial charge in [-0.25, -0.2) is 9.97 Å². The second-order valence-corrected chi connectivity index (χ2v) is 7.64. The van der Waals surface area contributed by atoms with E-state index in [9.17, 15) is 9.59 Å². The molecule has 1 fully saturated rings. The van der Waals surface area contributed by atoms with Gasteiger partial charge in [-0.05, 0) is 25.1 Å². The zero-order valence-corrected chi connectivity index (χ0v) is 17.8. The van der Waals surface area contributed by atoms with Crippen molar-refractivity contribution in [2.45, 2.75) is 33.1 Å². The van der Waals surface area contributed by atoms with Gasteiger partial charge in [0.1, 0.15) is 17.4 Å². The van der Waals surface area contributed by atoms with Crippen molar-refractivity contribution >= 4 is 23.7 Å². The molecule has 1 saturated heterocycles. The Labute approximate surface area is 177 Å². The predicted octanol–water partition coefficient (Wildman–Crippen LogP) is 2.37. The highest BCUT2D eigenvalue weighted by Crippen LogP contribution is 2.18. The predicted molar refractivity (Wildman–Crippen MR) is 115 cm³/mol. The molecule has 8 heteroatoms. The molecule has 1 aliphatic rings. The average molecular weight is 412 g/mol. The van der Waals surface area contributed by atoms with Crippen LogP contribution in [-0.4, -0.2) is 59.4 Å². The molecular weight excluding hydrogens is 382 g/mol. The third-order valence-corrected chi connectivity index (χ3v) is 4.91. The van der Waals surface area contributed by atoms with Gasteiger partial charge in [0, 0.05) is 62.9 Å². The number of furan rings is 1. The molecule has 160 valence electrons. The lowest BCUT2D eigenvalue weighted by atomic mass is 10.2. The Morgan fingerprint density at radius 1 is 1.23 bits per heavy atom. The number of aromatic nitrogens is 2. The Bertz CT molecular complexity index is 884. The van der Waals surface area contributed by atoms with Gasteiger partial charge in [-0.2, -0.15) is 0 Å². The number of amides is 2. The number of hydrogen-bond acceptors (Lipinski definition) is 6. The van der Waals surface area contributed by atoms with Gasteiger partial charge in [0.25, 0.3) is 0 Å². The van der Waals surface area contributed by atoms with E-state index >= 15 is 0 Å². The zero-order chi connectivity index (χ0) is 21.5. The first kappa shape index (κ1) is 21.5. The zero-order valence-electron chi connectivity index (χ0n) is 17.8. The van der Waals surface area contributed by atoms with Gasteiger partial charge in [-0.1, -0.05) is 13.8 Å². The minimum atomic E-state index is -0.246. The number of piperazine rings is 1. The maximum Gasteiger partial charge on any atom is 0.244 e. The van der Waals surface area contributed by atoms with E-state index in [-0.39, 0.29) is 24.2 Å². The highest BCUT2D eigenvalue weighted by Gasteiger charge is 2.22. The number of hydrogen-bond donors (Lipinski definition) is 1. The highest BCUT2D eigenvalue weighted by molar-refractivity contribution is 5.91. The molecule has 0 unspecified atom stereocenters. The summed E-state index contributed by atoms with van der Waals surface area (Å²) in [6, 6.07) is 5.51. The van der Waals surface area contributed by atoms with Crippen molar-refractivity contribution in [3.8, 4) is 0 Å². The quantitative estimate of drug-likeness (QED) is 0.704. The van der Waals surface area contributed by atoms with E-state index in [1.807, 2.05) is 17.9 Å². The van der Waals surface area contributed by atoms with E-state index in [0.717, 1.165) is 30.4 Å². The molecule has 0 saturated carbocycles. The van der Waals surface area contributed by atoms with Gasteiger partial charge in [-0.15, -0.1) is 0 Å². The van der Waals surface area contributed by atoms with Crippen LogP contribution in [0.4, 0.5) is 5.82 Å². The van der Waals surface area contributed by atoms with E-state index in [2.05, 4.69) is 34.0 Å². The van der Waals surface area contributed by atoms with Gasteiger partial charge >= 0.3 is 0 Å². The van der Waals surface area contributed by atoms with Crippen molar-refractivity contribution < 1.29 is 14.0 Å². The van der Waals surface area contributed by atoms with Gasteiger partial charge in [0.15, 0.2) is 0 Å². The van der Waals surface area contributed by atoms with Crippen molar-refractivity contribution in [3.63, 3.8) is 0 Å². The molecule has 1 aliphatic heterocycles. The molecule has 0 aliphatic carbocycles. The molecule has 0 atom stereocenters. The monoisotopic (exact) mass is 411 g/mol. The number of nitrogens with one attached hydrogen (secondary N) is 1. The molecule has 3 rings (SSSR count). The number of nitrogens with zero attached hydrogens (tertiary/aromatic N) is 4. The number of anilines is 1. The third-order valence-electron chi connectivity index (χ3n) is 4.91. The van der Waals surface area contributed by atoms with Gasteiger partial charge in [-0.3, -0.25) is 9.59 Å². The molecule has 0 spiro atoms. The first-order valence-corrected chi connectivity index (χ1v) is 10.3. The van der Waals surface area contributed by atoms with Crippen LogP contribution in [0.15, 0.2) is 35.0 Å². The topological polar surface area (TPSA) is 91.6 Å². The lowest BCUT2D eigenvalue weighted by molar-refractivity contribution is -0.131. The van der Waals surface area contributed by atoms with Crippen LogP contribution in [0.25, 0.3) is 6.08 Å². The Balaban J connectivity index is 1.42. The summed E-state index contributed by atoms with van der Waals surface area (Å²) in [5, 5.41) is 2.73. The molecule has 0 radical (unpaired) electrons. The van der Waals surface area contributed by atoms with Crippen molar-refractivity contribution in [3.05, 3.63) is 47.8 Å². The fraction of sp³-hybridized carbons (Fsp3) is 0.455. The second kappa shape index (κ2) is 10.0. The van der Waals surface area contributed by atoms with Crippen LogP contribution in [0.2, 0.25) is 0 Å². The summed E-state index contributed by atoms with van der Waals surface area (Å²) in [7, 11) is 0. The molecule has 3 heterocycles. The smallest absolute Gasteiger partial charge is 0.244 e. The molecule has 2 aromatic rings. The molecule has 30 heavy (non-hydrogen) atoms. The minimum Gasteiger partial charge on any atom is -0.465 e. The minimum absolute atomic E-state index is 0.0479. The lowest BCUT2D eigenvalue weighted by Crippen LogP contribution is -2.49. The van der Waals surface area contributed by atoms with Crippen LogP contribution in [0.3, 0.4) is 0 Å². The summed E-state index contributed by atoms with van der Waals surface area (Å²) in [4.78, 5) is 37.5. The Hall–Kier alpha value is -3.16. The lowest BCUT2D eigenvalue weighted by Gasteiger charge is -2.35. The third kappa shape index (κ3) is 5.92. The van der Waals surface area contributed by atoms with Crippen LogP contribution >= 0.6 is 0 Å². The first-order valence-electron chi connectivity index (χ1n) is 10.3. The number of rotatable bonds is 7. The normalized spacial score (nSPS) is 14.5. The second-order valence-electron chi connectivity index (χ2n) is 7.64. The average Bonchev–Trinajstić information content (AvgIpc) is 3.25. The summed E-state index contributed by atoms with van der Waals surface area (Å²) in [5.41, 5.74) is 0.957. The van der Waals surface area contributed by atoms with Crippen LogP contribution in [-0.2, 0) is 9.59 Å². The fourth-order valence-electron chi connectivity index (χ4n) is 3.23. The van der Waals surface area contributed by atoms with Crippen LogP contribution in [0.1, 0.15) is 43.5 Å². The molecule has 2 amide bonds. The largest absolute Gasteiger partial charge is 0.465 e. The maximum absolute atomic E-state index is 12.5. The van der Waals surface area contributed by atoms with Crippen molar-refractivity contribution in [2.24, 2.45) is 0 Å². The first-order chi connectivity index (χ1) is 14.4. The van der Waals surface area contributed by atoms with Crippen LogP contribution < -0.4 is 10.2 Å². The Kier molecular flexibility index (Phi) is 7.21. The molecule has 2 aromatic heterocycles. The number of aryl methyl sites for hydroxylation is 1. The number of carbonyl (C=O) groups excluding carboxylic acids is 2. The van der Waals surface area contributed by atoms with E-state index < -0.39 is 0 Å². The highest BCUT2D eigenvalue weighted by atomic mass is 16.3. The van der Waals surface area contributed by atoms with E-state index in [1.165, 1.54) is 6.08 Å². The van der Waals surface area contributed by atoms with E-state index in [0.29, 0.717) is 25.4 Å². The molecular formula is C22H29N5O3. The van der Waals surface area contributed by atoms with Gasteiger partial charge < -0.3 is 19.5 Å². The Morgan fingerprint density at radius 3 is 2.67 bits per heavy atom. The summed E-state index contributed by atoms with van der Waals surface area (Å²) in [6.07, 6.45) is 4.82. The summed E-state index contributed by atoms with van der Waals surface area (Å²) in [5.74, 6) is 2.46. The molecule has 8 nitrogen and oxygen atoms in total. The maximum atomic E-state index is 12.5. The van der Waals surface area contributed by atoms with Gasteiger partial charge in [0.05, 0.1) is 6.26 Å². The van der Waals surface area contributed by atoms with E-state index in [4.69, 9.17) is 4.42 Å². The van der Waals surface area contributed by atoms with Crippen LogP contribution in [0.5, 0.6) is 0 Å². The van der Waals surface area contributed by atoms with Crippen molar-refractivity contribution in [1.82, 2.24) is 20.2 Å². The van der Waals surface area contributed by atoms with Crippen molar-refractivity contribution in [2.75, 3.05) is 37.6 Å².